The highest BCUT2D eigenvalue weighted by atomic mass is 32.2. The third kappa shape index (κ3) is 6.60. The van der Waals surface area contributed by atoms with Crippen molar-refractivity contribution in [3.63, 3.8) is 0 Å². The maximum absolute atomic E-state index is 14.1. The van der Waals surface area contributed by atoms with Crippen LogP contribution in [0, 0.1) is 11.7 Å². The number of carbonyl (C=O) groups is 2. The third-order valence-electron chi connectivity index (χ3n) is 4.95. The van der Waals surface area contributed by atoms with Crippen LogP contribution >= 0.6 is 11.8 Å². The summed E-state index contributed by atoms with van der Waals surface area (Å²) in [4.78, 5) is 27.0. The van der Waals surface area contributed by atoms with Crippen LogP contribution in [0.1, 0.15) is 32.3 Å². The molecule has 2 amide bonds. The number of amides is 2. The number of anilines is 1. The molecule has 5 nitrogen and oxygen atoms in total. The topological polar surface area (TPSA) is 58.6 Å². The summed E-state index contributed by atoms with van der Waals surface area (Å²) in [6, 6.07) is 13.2. The molecule has 0 fully saturated rings. The third-order valence-corrected chi connectivity index (χ3v) is 6.05. The van der Waals surface area contributed by atoms with Crippen molar-refractivity contribution in [1.29, 1.82) is 0 Å². The maximum Gasteiger partial charge on any atom is 0.294 e. The summed E-state index contributed by atoms with van der Waals surface area (Å²) in [6.45, 7) is 4.85. The van der Waals surface area contributed by atoms with Crippen molar-refractivity contribution in [2.45, 2.75) is 26.7 Å². The molecule has 3 rings (SSSR count). The number of thioether (sulfide) groups is 1. The van der Waals surface area contributed by atoms with Gasteiger partial charge in [-0.25, -0.2) is 4.39 Å². The zero-order chi connectivity index (χ0) is 22.9. The summed E-state index contributed by atoms with van der Waals surface area (Å²) in [5.41, 5.74) is 0.761. The van der Waals surface area contributed by atoms with Crippen molar-refractivity contribution < 1.29 is 18.7 Å². The smallest absolute Gasteiger partial charge is 0.294 e. The summed E-state index contributed by atoms with van der Waals surface area (Å²) in [5.74, 6) is 2.06. The molecule has 0 spiro atoms. The lowest BCUT2D eigenvalue weighted by atomic mass is 10.1. The van der Waals surface area contributed by atoms with Gasteiger partial charge in [0.25, 0.3) is 5.91 Å². The van der Waals surface area contributed by atoms with E-state index in [2.05, 4.69) is 19.2 Å². The molecule has 2 aromatic carbocycles. The number of hydrogen-bond acceptors (Lipinski definition) is 4. The number of halogens is 1. The highest BCUT2D eigenvalue weighted by Gasteiger charge is 2.31. The molecule has 1 aliphatic heterocycles. The zero-order valence-electron chi connectivity index (χ0n) is 18.5. The quantitative estimate of drug-likeness (QED) is 0.409. The summed E-state index contributed by atoms with van der Waals surface area (Å²) < 4.78 is 19.8. The molecule has 0 aromatic heterocycles. The van der Waals surface area contributed by atoms with E-state index in [4.69, 9.17) is 4.74 Å². The lowest BCUT2D eigenvalue weighted by Crippen LogP contribution is -2.44. The number of rotatable bonds is 10. The van der Waals surface area contributed by atoms with Crippen molar-refractivity contribution in [3.8, 4) is 5.75 Å². The first-order valence-electron chi connectivity index (χ1n) is 10.8. The van der Waals surface area contributed by atoms with Crippen LogP contribution in [0.15, 0.2) is 54.3 Å². The molecule has 0 bridgehead atoms. The fourth-order valence-electron chi connectivity index (χ4n) is 3.18. The molecule has 1 N–H and O–H groups in total. The molecule has 0 aliphatic carbocycles. The van der Waals surface area contributed by atoms with Gasteiger partial charge in [0.15, 0.2) is 11.5 Å². The molecule has 1 heterocycles. The van der Waals surface area contributed by atoms with Gasteiger partial charge in [0.05, 0.1) is 5.69 Å². The predicted molar refractivity (Wildman–Crippen MR) is 128 cm³/mol. The first kappa shape index (κ1) is 23.9. The minimum atomic E-state index is -0.480. The number of ether oxygens (including phenoxy) is 1. The van der Waals surface area contributed by atoms with Crippen LogP contribution in [0.25, 0.3) is 6.08 Å². The monoisotopic (exact) mass is 456 g/mol. The van der Waals surface area contributed by atoms with E-state index in [1.165, 1.54) is 23.5 Å². The van der Waals surface area contributed by atoms with Crippen LogP contribution in [-0.2, 0) is 9.59 Å². The van der Waals surface area contributed by atoms with E-state index in [0.29, 0.717) is 23.9 Å². The molecule has 0 unspecified atom stereocenters. The highest BCUT2D eigenvalue weighted by Crippen LogP contribution is 2.35. The molecule has 0 saturated heterocycles. The van der Waals surface area contributed by atoms with Crippen molar-refractivity contribution in [2.75, 3.05) is 29.5 Å². The predicted octanol–water partition coefficient (Wildman–Crippen LogP) is 4.88. The van der Waals surface area contributed by atoms with Gasteiger partial charge >= 0.3 is 0 Å². The Balaban J connectivity index is 1.63. The molecular weight excluding hydrogens is 427 g/mol. The van der Waals surface area contributed by atoms with E-state index in [9.17, 15) is 14.0 Å². The fraction of sp³-hybridized carbons (Fsp3) is 0.360. The number of benzene rings is 2. The van der Waals surface area contributed by atoms with Gasteiger partial charge in [-0.1, -0.05) is 44.2 Å². The second-order valence-corrected chi connectivity index (χ2v) is 9.21. The standard InChI is InChI=1S/C25H29FN2O3S/c1-18(2)12-15-32-14-7-13-27-24(29)17-28-21-10-5-6-11-22(21)31-23(25(28)30)16-19-8-3-4-9-20(19)26/h3-6,8-11,16,18H,7,12-15,17H2,1-2H3,(H,27,29). The van der Waals surface area contributed by atoms with Crippen LogP contribution in [-0.4, -0.2) is 36.4 Å². The van der Waals surface area contributed by atoms with Gasteiger partial charge in [0, 0.05) is 12.1 Å². The van der Waals surface area contributed by atoms with Crippen molar-refractivity contribution in [1.82, 2.24) is 5.32 Å². The Morgan fingerprint density at radius 1 is 1.16 bits per heavy atom. The number of nitrogens with one attached hydrogen (secondary N) is 1. The number of fused-ring (bicyclic) bond motifs is 1. The van der Waals surface area contributed by atoms with Crippen LogP contribution in [0.3, 0.4) is 0 Å². The van der Waals surface area contributed by atoms with E-state index in [-0.39, 0.29) is 23.8 Å². The largest absolute Gasteiger partial charge is 0.449 e. The van der Waals surface area contributed by atoms with Crippen LogP contribution in [0.2, 0.25) is 0 Å². The van der Waals surface area contributed by atoms with E-state index < -0.39 is 11.7 Å². The Bertz CT molecular complexity index is 977. The first-order chi connectivity index (χ1) is 15.5. The van der Waals surface area contributed by atoms with Crippen LogP contribution < -0.4 is 15.0 Å². The molecule has 1 aliphatic rings. The van der Waals surface area contributed by atoms with E-state index >= 15 is 0 Å². The summed E-state index contributed by atoms with van der Waals surface area (Å²) in [7, 11) is 0. The molecule has 7 heteroatoms. The van der Waals surface area contributed by atoms with Crippen molar-refractivity contribution in [3.05, 3.63) is 65.7 Å². The molecule has 170 valence electrons. The van der Waals surface area contributed by atoms with Gasteiger partial charge in [-0.2, -0.15) is 11.8 Å². The number of hydrogen-bond donors (Lipinski definition) is 1. The van der Waals surface area contributed by atoms with Crippen molar-refractivity contribution >= 4 is 35.3 Å². The Kier molecular flexibility index (Phi) is 8.73. The zero-order valence-corrected chi connectivity index (χ0v) is 19.3. The van der Waals surface area contributed by atoms with Gasteiger partial charge in [0.1, 0.15) is 12.4 Å². The molecule has 32 heavy (non-hydrogen) atoms. The van der Waals surface area contributed by atoms with E-state index in [1.807, 2.05) is 11.8 Å². The Morgan fingerprint density at radius 3 is 2.69 bits per heavy atom. The molecule has 0 saturated carbocycles. The highest BCUT2D eigenvalue weighted by molar-refractivity contribution is 7.99. The number of carbonyl (C=O) groups excluding carboxylic acids is 2. The summed E-state index contributed by atoms with van der Waals surface area (Å²) >= 11 is 1.89. The lowest BCUT2D eigenvalue weighted by molar-refractivity contribution is -0.123. The average molecular weight is 457 g/mol. The molecule has 0 radical (unpaired) electrons. The van der Waals surface area contributed by atoms with Gasteiger partial charge in [-0.3, -0.25) is 14.5 Å². The first-order valence-corrected chi connectivity index (χ1v) is 12.0. The second kappa shape index (κ2) is 11.7. The molecule has 2 aromatic rings. The number of nitrogens with zero attached hydrogens (tertiary/aromatic N) is 1. The van der Waals surface area contributed by atoms with Gasteiger partial charge in [-0.05, 0) is 54.5 Å². The minimum absolute atomic E-state index is 0.0249. The number of para-hydroxylation sites is 2. The SMILES string of the molecule is CC(C)CCSCCCNC(=O)CN1C(=O)C(=Cc2ccccc2F)Oc2ccccc21. The summed E-state index contributed by atoms with van der Waals surface area (Å²) in [6.07, 6.45) is 3.44. The Hall–Kier alpha value is -2.80. The Labute approximate surface area is 193 Å². The van der Waals surface area contributed by atoms with Gasteiger partial charge in [-0.15, -0.1) is 0 Å². The average Bonchev–Trinajstić information content (AvgIpc) is 2.77. The van der Waals surface area contributed by atoms with E-state index in [1.54, 1.807) is 42.5 Å². The Morgan fingerprint density at radius 2 is 1.91 bits per heavy atom. The second-order valence-electron chi connectivity index (χ2n) is 7.99. The lowest BCUT2D eigenvalue weighted by Gasteiger charge is -2.30. The van der Waals surface area contributed by atoms with Gasteiger partial charge in [0.2, 0.25) is 5.91 Å². The van der Waals surface area contributed by atoms with E-state index in [0.717, 1.165) is 17.9 Å². The molecular formula is C25H29FN2O3S. The van der Waals surface area contributed by atoms with Crippen LogP contribution in [0.5, 0.6) is 5.75 Å². The summed E-state index contributed by atoms with van der Waals surface area (Å²) in [5, 5.41) is 2.89. The maximum atomic E-state index is 14.1. The fourth-order valence-corrected chi connectivity index (χ4v) is 4.37. The van der Waals surface area contributed by atoms with Crippen LogP contribution in [0.4, 0.5) is 10.1 Å². The minimum Gasteiger partial charge on any atom is -0.449 e. The normalized spacial score (nSPS) is 14.4. The molecule has 0 atom stereocenters. The van der Waals surface area contributed by atoms with Gasteiger partial charge < -0.3 is 10.1 Å². The van der Waals surface area contributed by atoms with Crippen molar-refractivity contribution in [2.24, 2.45) is 5.92 Å².